The van der Waals surface area contributed by atoms with Crippen LogP contribution in [0.15, 0.2) is 0 Å². The van der Waals surface area contributed by atoms with E-state index >= 15 is 0 Å². The van der Waals surface area contributed by atoms with Crippen LogP contribution < -0.4 is 5.32 Å². The molecule has 0 radical (unpaired) electrons. The molecule has 0 saturated heterocycles. The summed E-state index contributed by atoms with van der Waals surface area (Å²) in [6, 6.07) is 0. The molecule has 0 atom stereocenters. The third-order valence-electron chi connectivity index (χ3n) is 6.66. The maximum Gasteiger partial charge on any atom is -0.00489 e. The minimum Gasteiger partial charge on any atom is -0.317 e. The van der Waals surface area contributed by atoms with Crippen LogP contribution in [-0.4, -0.2) is 13.1 Å². The zero-order valence-corrected chi connectivity index (χ0v) is 21.6. The van der Waals surface area contributed by atoms with Crippen LogP contribution in [0.1, 0.15) is 174 Å². The number of unbranched alkanes of at least 4 members (excludes halogenated alkanes) is 23. The fraction of sp³-hybridized carbons (Fsp3) is 1.00. The van der Waals surface area contributed by atoms with Gasteiger partial charge in [0.1, 0.15) is 0 Å². The van der Waals surface area contributed by atoms with Gasteiger partial charge < -0.3 is 5.32 Å². The van der Waals surface area contributed by atoms with E-state index in [0.29, 0.717) is 0 Å². The summed E-state index contributed by atoms with van der Waals surface area (Å²) in [6.45, 7) is 7.09. The Morgan fingerprint density at radius 3 is 0.700 bits per heavy atom. The third-order valence-corrected chi connectivity index (χ3v) is 6.66. The zero-order valence-electron chi connectivity index (χ0n) is 21.6. The van der Waals surface area contributed by atoms with Crippen molar-refractivity contribution in [3.8, 4) is 0 Å². The molecule has 0 aromatic rings. The molecule has 182 valence electrons. The summed E-state index contributed by atoms with van der Waals surface area (Å²) in [6.07, 6.45) is 36.2. The lowest BCUT2D eigenvalue weighted by molar-refractivity contribution is 0.520. The Morgan fingerprint density at radius 1 is 0.267 bits per heavy atom. The summed E-state index contributed by atoms with van der Waals surface area (Å²) in [5.74, 6) is 0. The first kappa shape index (κ1) is 30.0. The highest BCUT2D eigenvalue weighted by molar-refractivity contribution is 4.53. The first-order valence-corrected chi connectivity index (χ1v) is 14.6. The Kier molecular flexibility index (Phi) is 28.9. The Hall–Kier alpha value is -0.0400. The molecule has 30 heavy (non-hydrogen) atoms. The van der Waals surface area contributed by atoms with Crippen molar-refractivity contribution in [1.82, 2.24) is 5.32 Å². The lowest BCUT2D eigenvalue weighted by Gasteiger charge is -2.06. The molecule has 0 aliphatic rings. The maximum atomic E-state index is 3.66. The maximum absolute atomic E-state index is 3.66. The molecule has 0 saturated carbocycles. The van der Waals surface area contributed by atoms with Crippen molar-refractivity contribution >= 4 is 0 Å². The van der Waals surface area contributed by atoms with Crippen LogP contribution in [0.3, 0.4) is 0 Å². The molecule has 0 bridgehead atoms. The SMILES string of the molecule is CCCCCCCCCCCCCCCCNCCCCCCCCCCCCC. The quantitative estimate of drug-likeness (QED) is 0.129. The minimum atomic E-state index is 1.25. The van der Waals surface area contributed by atoms with Crippen molar-refractivity contribution in [3.05, 3.63) is 0 Å². The fourth-order valence-electron chi connectivity index (χ4n) is 4.48. The van der Waals surface area contributed by atoms with Crippen LogP contribution in [0.5, 0.6) is 0 Å². The molecule has 1 heteroatoms. The number of hydrogen-bond donors (Lipinski definition) is 1. The van der Waals surface area contributed by atoms with E-state index in [1.54, 1.807) is 0 Å². The molecule has 0 aliphatic carbocycles. The Balaban J connectivity index is 2.97. The predicted molar refractivity (Wildman–Crippen MR) is 140 cm³/mol. The van der Waals surface area contributed by atoms with Crippen LogP contribution in [0, 0.1) is 0 Å². The molecule has 0 fully saturated rings. The van der Waals surface area contributed by atoms with Gasteiger partial charge in [-0.05, 0) is 25.9 Å². The molecule has 0 unspecified atom stereocenters. The van der Waals surface area contributed by atoms with E-state index in [0.717, 1.165) is 0 Å². The van der Waals surface area contributed by atoms with Gasteiger partial charge in [0.25, 0.3) is 0 Å². The van der Waals surface area contributed by atoms with Gasteiger partial charge in [-0.1, -0.05) is 162 Å². The molecule has 0 spiro atoms. The molecule has 0 amide bonds. The first-order valence-electron chi connectivity index (χ1n) is 14.6. The number of hydrogen-bond acceptors (Lipinski definition) is 1. The molecule has 0 aromatic carbocycles. The van der Waals surface area contributed by atoms with Crippen molar-refractivity contribution in [2.75, 3.05) is 13.1 Å². The van der Waals surface area contributed by atoms with Gasteiger partial charge in [0.05, 0.1) is 0 Å². The normalized spacial score (nSPS) is 11.4. The summed E-state index contributed by atoms with van der Waals surface area (Å²) >= 11 is 0. The van der Waals surface area contributed by atoms with Crippen LogP contribution in [-0.2, 0) is 0 Å². The van der Waals surface area contributed by atoms with Gasteiger partial charge in [0.2, 0.25) is 0 Å². The van der Waals surface area contributed by atoms with Crippen LogP contribution in [0.4, 0.5) is 0 Å². The Labute approximate surface area is 193 Å². The van der Waals surface area contributed by atoms with Crippen molar-refractivity contribution in [2.45, 2.75) is 174 Å². The van der Waals surface area contributed by atoms with Gasteiger partial charge in [0, 0.05) is 0 Å². The lowest BCUT2D eigenvalue weighted by atomic mass is 10.0. The highest BCUT2D eigenvalue weighted by atomic mass is 14.8. The van der Waals surface area contributed by atoms with Gasteiger partial charge in [-0.3, -0.25) is 0 Å². The van der Waals surface area contributed by atoms with E-state index in [4.69, 9.17) is 0 Å². The third kappa shape index (κ3) is 28.0. The molecule has 1 N–H and O–H groups in total. The van der Waals surface area contributed by atoms with E-state index in [1.165, 1.54) is 174 Å². The van der Waals surface area contributed by atoms with Crippen molar-refractivity contribution < 1.29 is 0 Å². The molecule has 1 nitrogen and oxygen atoms in total. The standard InChI is InChI=1S/C29H61N/c1-3-5-7-9-11-13-15-16-17-19-21-23-25-27-29-30-28-26-24-22-20-18-14-12-10-8-6-4-2/h30H,3-29H2,1-2H3. The van der Waals surface area contributed by atoms with Crippen LogP contribution in [0.2, 0.25) is 0 Å². The average Bonchev–Trinajstić information content (AvgIpc) is 2.76. The monoisotopic (exact) mass is 423 g/mol. The highest BCUT2D eigenvalue weighted by Gasteiger charge is 1.95. The first-order chi connectivity index (χ1) is 14.9. The summed E-state index contributed by atoms with van der Waals surface area (Å²) in [4.78, 5) is 0. The van der Waals surface area contributed by atoms with Crippen LogP contribution >= 0.6 is 0 Å². The molecule has 0 rings (SSSR count). The minimum absolute atomic E-state index is 1.25. The molecule has 0 aliphatic heterocycles. The van der Waals surface area contributed by atoms with E-state index in [1.807, 2.05) is 0 Å². The van der Waals surface area contributed by atoms with Gasteiger partial charge in [-0.15, -0.1) is 0 Å². The lowest BCUT2D eigenvalue weighted by Crippen LogP contribution is -2.16. The Morgan fingerprint density at radius 2 is 0.467 bits per heavy atom. The largest absolute Gasteiger partial charge is 0.317 e. The van der Waals surface area contributed by atoms with Gasteiger partial charge in [-0.25, -0.2) is 0 Å². The van der Waals surface area contributed by atoms with Crippen LogP contribution in [0.25, 0.3) is 0 Å². The summed E-state index contributed by atoms with van der Waals surface area (Å²) in [7, 11) is 0. The fourth-order valence-corrected chi connectivity index (χ4v) is 4.48. The highest BCUT2D eigenvalue weighted by Crippen LogP contribution is 2.13. The molecule has 0 aromatic heterocycles. The second-order valence-corrected chi connectivity index (χ2v) is 9.88. The van der Waals surface area contributed by atoms with Crippen molar-refractivity contribution in [1.29, 1.82) is 0 Å². The molecule has 0 heterocycles. The van der Waals surface area contributed by atoms with Gasteiger partial charge in [0.15, 0.2) is 0 Å². The van der Waals surface area contributed by atoms with Gasteiger partial charge in [-0.2, -0.15) is 0 Å². The average molecular weight is 424 g/mol. The number of rotatable bonds is 27. The summed E-state index contributed by atoms with van der Waals surface area (Å²) in [5.41, 5.74) is 0. The van der Waals surface area contributed by atoms with Crippen molar-refractivity contribution in [3.63, 3.8) is 0 Å². The van der Waals surface area contributed by atoms with E-state index < -0.39 is 0 Å². The topological polar surface area (TPSA) is 12.0 Å². The predicted octanol–water partition coefficient (Wildman–Crippen LogP) is 10.4. The smallest absolute Gasteiger partial charge is 0.00489 e. The van der Waals surface area contributed by atoms with Crippen molar-refractivity contribution in [2.24, 2.45) is 0 Å². The van der Waals surface area contributed by atoms with Gasteiger partial charge >= 0.3 is 0 Å². The van der Waals surface area contributed by atoms with E-state index in [2.05, 4.69) is 19.2 Å². The molecular weight excluding hydrogens is 362 g/mol. The summed E-state index contributed by atoms with van der Waals surface area (Å²) in [5, 5.41) is 3.66. The zero-order chi connectivity index (χ0) is 21.8. The second kappa shape index (κ2) is 29.0. The van der Waals surface area contributed by atoms with E-state index in [-0.39, 0.29) is 0 Å². The Bertz CT molecular complexity index is 248. The summed E-state index contributed by atoms with van der Waals surface area (Å²) < 4.78 is 0. The van der Waals surface area contributed by atoms with E-state index in [9.17, 15) is 0 Å². The molecular formula is C29H61N. The second-order valence-electron chi connectivity index (χ2n) is 9.88. The number of nitrogens with one attached hydrogen (secondary N) is 1.